The monoisotopic (exact) mass is 502 g/mol. The molecule has 0 aromatic heterocycles. The zero-order valence-corrected chi connectivity index (χ0v) is 21.5. The van der Waals surface area contributed by atoms with Crippen molar-refractivity contribution in [2.75, 3.05) is 11.9 Å². The Balaban J connectivity index is 1.34. The van der Waals surface area contributed by atoms with Gasteiger partial charge in [-0.05, 0) is 88.3 Å². The number of nitrogens with zero attached hydrogens (tertiary/aromatic N) is 1. The van der Waals surface area contributed by atoms with Crippen LogP contribution in [0.3, 0.4) is 0 Å². The van der Waals surface area contributed by atoms with Gasteiger partial charge in [-0.25, -0.2) is 4.79 Å². The smallest absolute Gasteiger partial charge is 0.321 e. The van der Waals surface area contributed by atoms with Gasteiger partial charge in [0.15, 0.2) is 0 Å². The Hall–Kier alpha value is -4.77. The Labute approximate surface area is 222 Å². The molecule has 0 aliphatic carbocycles. The number of benzene rings is 5. The van der Waals surface area contributed by atoms with Gasteiger partial charge >= 0.3 is 6.03 Å². The molecule has 0 saturated carbocycles. The van der Waals surface area contributed by atoms with Crippen molar-refractivity contribution in [3.8, 4) is 22.6 Å². The molecule has 0 spiro atoms. The van der Waals surface area contributed by atoms with Crippen molar-refractivity contribution in [3.05, 3.63) is 125 Å². The minimum Gasteiger partial charge on any atom is -0.508 e. The minimum atomic E-state index is -0.157. The first-order valence-corrected chi connectivity index (χ1v) is 12.6. The number of aryl methyl sites for hydroxylation is 1. The molecular weight excluding hydrogens is 472 g/mol. The van der Waals surface area contributed by atoms with Crippen molar-refractivity contribution in [2.24, 2.45) is 0 Å². The Bertz CT molecular complexity index is 1570. The van der Waals surface area contributed by atoms with Crippen LogP contribution in [0.5, 0.6) is 11.5 Å². The van der Waals surface area contributed by atoms with Crippen LogP contribution in [0.4, 0.5) is 10.5 Å². The summed E-state index contributed by atoms with van der Waals surface area (Å²) in [5.41, 5.74) is 7.40. The van der Waals surface area contributed by atoms with Gasteiger partial charge in [0.1, 0.15) is 11.5 Å². The number of phenolic OH excluding ortho intramolecular Hbond substituents is 2. The maximum atomic E-state index is 12.6. The molecule has 3 N–H and O–H groups in total. The molecule has 2 amide bonds. The van der Waals surface area contributed by atoms with Crippen LogP contribution in [0.15, 0.2) is 103 Å². The van der Waals surface area contributed by atoms with Crippen LogP contribution in [0, 0.1) is 6.92 Å². The number of rotatable bonds is 6. The molecule has 0 saturated heterocycles. The second-order valence-corrected chi connectivity index (χ2v) is 9.59. The number of urea groups is 1. The summed E-state index contributed by atoms with van der Waals surface area (Å²) in [5.74, 6) is 0.467. The summed E-state index contributed by atoms with van der Waals surface area (Å²) in [7, 11) is 1.76. The number of fused-ring (bicyclic) bond motifs is 1. The third kappa shape index (κ3) is 5.47. The topological polar surface area (TPSA) is 72.8 Å². The number of hydrogen-bond donors (Lipinski definition) is 3. The highest BCUT2D eigenvalue weighted by Gasteiger charge is 2.13. The largest absolute Gasteiger partial charge is 0.508 e. The Morgan fingerprint density at radius 2 is 1.42 bits per heavy atom. The van der Waals surface area contributed by atoms with E-state index in [0.717, 1.165) is 49.8 Å². The fourth-order valence-corrected chi connectivity index (χ4v) is 4.64. The Morgan fingerprint density at radius 3 is 2.13 bits per heavy atom. The molecule has 0 bridgehead atoms. The highest BCUT2D eigenvalue weighted by molar-refractivity contribution is 5.93. The highest BCUT2D eigenvalue weighted by atomic mass is 16.3. The van der Waals surface area contributed by atoms with Gasteiger partial charge in [0, 0.05) is 19.3 Å². The van der Waals surface area contributed by atoms with E-state index in [0.29, 0.717) is 13.0 Å². The molecule has 5 rings (SSSR count). The van der Waals surface area contributed by atoms with E-state index in [1.54, 1.807) is 36.2 Å². The van der Waals surface area contributed by atoms with Gasteiger partial charge in [-0.2, -0.15) is 0 Å². The molecule has 5 nitrogen and oxygen atoms in total. The Kier molecular flexibility index (Phi) is 7.00. The van der Waals surface area contributed by atoms with Crippen molar-refractivity contribution in [3.63, 3.8) is 0 Å². The maximum absolute atomic E-state index is 12.6. The molecule has 0 radical (unpaired) electrons. The van der Waals surface area contributed by atoms with Gasteiger partial charge in [-0.3, -0.25) is 4.90 Å². The van der Waals surface area contributed by atoms with Gasteiger partial charge in [0.05, 0.1) is 0 Å². The SMILES string of the molecule is Cc1ccc(N(C)C(=O)NCc2ccc(Cc3c(-c4ccc(O)cc4)ccc4cc(O)ccc34)cc2)cc1. The lowest BCUT2D eigenvalue weighted by atomic mass is 9.90. The van der Waals surface area contributed by atoms with E-state index in [-0.39, 0.29) is 17.5 Å². The minimum absolute atomic E-state index is 0.157. The number of nitrogens with one attached hydrogen (secondary N) is 1. The lowest BCUT2D eigenvalue weighted by Crippen LogP contribution is -2.36. The van der Waals surface area contributed by atoms with Gasteiger partial charge in [-0.1, -0.05) is 72.3 Å². The quantitative estimate of drug-likeness (QED) is 0.231. The predicted molar refractivity (Wildman–Crippen MR) is 154 cm³/mol. The molecule has 5 heteroatoms. The third-order valence-corrected chi connectivity index (χ3v) is 6.87. The standard InChI is InChI=1S/C33H30N2O3/c1-22-3-12-27(13-4-22)35(2)33(38)34-21-24-7-5-23(6-8-24)19-32-30(25-9-14-28(36)15-10-25)17-11-26-20-29(37)16-18-31(26)32/h3-18,20,36-37H,19,21H2,1-2H3,(H,34,38). The summed E-state index contributed by atoms with van der Waals surface area (Å²) in [6.07, 6.45) is 0.696. The average Bonchev–Trinajstić information content (AvgIpc) is 2.93. The molecule has 0 atom stereocenters. The summed E-state index contributed by atoms with van der Waals surface area (Å²) in [5, 5.41) is 24.8. The molecule has 190 valence electrons. The summed E-state index contributed by atoms with van der Waals surface area (Å²) in [4.78, 5) is 14.2. The molecule has 0 aliphatic rings. The van der Waals surface area contributed by atoms with Crippen LogP contribution in [0.2, 0.25) is 0 Å². The number of hydrogen-bond acceptors (Lipinski definition) is 3. The average molecular weight is 503 g/mol. The first-order chi connectivity index (χ1) is 18.4. The van der Waals surface area contributed by atoms with Crippen molar-refractivity contribution in [1.82, 2.24) is 5.32 Å². The third-order valence-electron chi connectivity index (χ3n) is 6.87. The molecule has 0 heterocycles. The molecule has 5 aromatic rings. The maximum Gasteiger partial charge on any atom is 0.321 e. The first-order valence-electron chi connectivity index (χ1n) is 12.6. The van der Waals surface area contributed by atoms with E-state index in [1.807, 2.05) is 67.6 Å². The van der Waals surface area contributed by atoms with E-state index in [2.05, 4.69) is 23.5 Å². The number of phenols is 2. The van der Waals surface area contributed by atoms with Gasteiger partial charge < -0.3 is 15.5 Å². The van der Waals surface area contributed by atoms with Crippen molar-refractivity contribution < 1.29 is 15.0 Å². The van der Waals surface area contributed by atoms with Crippen molar-refractivity contribution in [1.29, 1.82) is 0 Å². The molecule has 0 aliphatic heterocycles. The van der Waals surface area contributed by atoms with Crippen LogP contribution >= 0.6 is 0 Å². The zero-order chi connectivity index (χ0) is 26.6. The molecule has 38 heavy (non-hydrogen) atoms. The summed E-state index contributed by atoms with van der Waals surface area (Å²) in [6, 6.07) is 32.7. The summed E-state index contributed by atoms with van der Waals surface area (Å²) < 4.78 is 0. The molecule has 0 unspecified atom stereocenters. The van der Waals surface area contributed by atoms with E-state index in [9.17, 15) is 15.0 Å². The van der Waals surface area contributed by atoms with E-state index in [4.69, 9.17) is 0 Å². The lowest BCUT2D eigenvalue weighted by Gasteiger charge is -2.18. The van der Waals surface area contributed by atoms with Gasteiger partial charge in [0.2, 0.25) is 0 Å². The predicted octanol–water partition coefficient (Wildman–Crippen LogP) is 7.16. The highest BCUT2D eigenvalue weighted by Crippen LogP contribution is 2.34. The molecule has 0 fully saturated rings. The van der Waals surface area contributed by atoms with Crippen LogP contribution < -0.4 is 10.2 Å². The van der Waals surface area contributed by atoms with Crippen LogP contribution in [-0.4, -0.2) is 23.3 Å². The fourth-order valence-electron chi connectivity index (χ4n) is 4.64. The van der Waals surface area contributed by atoms with E-state index >= 15 is 0 Å². The van der Waals surface area contributed by atoms with Crippen LogP contribution in [-0.2, 0) is 13.0 Å². The van der Waals surface area contributed by atoms with E-state index in [1.165, 1.54) is 0 Å². The second kappa shape index (κ2) is 10.7. The number of carbonyl (C=O) groups excluding carboxylic acids is 1. The van der Waals surface area contributed by atoms with Crippen molar-refractivity contribution >= 4 is 22.5 Å². The molecule has 5 aromatic carbocycles. The first kappa shape index (κ1) is 24.9. The number of carbonyl (C=O) groups is 1. The van der Waals surface area contributed by atoms with Crippen LogP contribution in [0.25, 0.3) is 21.9 Å². The number of amides is 2. The summed E-state index contributed by atoms with van der Waals surface area (Å²) in [6.45, 7) is 2.45. The van der Waals surface area contributed by atoms with Crippen LogP contribution in [0.1, 0.15) is 22.3 Å². The van der Waals surface area contributed by atoms with E-state index < -0.39 is 0 Å². The molecular formula is C33H30N2O3. The van der Waals surface area contributed by atoms with Gasteiger partial charge in [0.25, 0.3) is 0 Å². The number of aromatic hydroxyl groups is 2. The number of anilines is 1. The lowest BCUT2D eigenvalue weighted by molar-refractivity contribution is 0.247. The zero-order valence-electron chi connectivity index (χ0n) is 21.5. The van der Waals surface area contributed by atoms with Crippen molar-refractivity contribution in [2.45, 2.75) is 19.9 Å². The second-order valence-electron chi connectivity index (χ2n) is 9.59. The van der Waals surface area contributed by atoms with Gasteiger partial charge in [-0.15, -0.1) is 0 Å². The Morgan fingerprint density at radius 1 is 0.763 bits per heavy atom. The fraction of sp³-hybridized carbons (Fsp3) is 0.121. The summed E-state index contributed by atoms with van der Waals surface area (Å²) >= 11 is 0. The normalized spacial score (nSPS) is 10.9.